The number of piperidine rings is 1. The quantitative estimate of drug-likeness (QED) is 0.778. The van der Waals surface area contributed by atoms with E-state index in [4.69, 9.17) is 9.40 Å². The minimum absolute atomic E-state index is 0.0956. The predicted molar refractivity (Wildman–Crippen MR) is 98.9 cm³/mol. The molecule has 2 aromatic heterocycles. The zero-order valence-electron chi connectivity index (χ0n) is 14.9. The van der Waals surface area contributed by atoms with Gasteiger partial charge in [-0.2, -0.15) is 0 Å². The standard InChI is InChI=1S/C21H23N3O2/c1-13-6-7-17-18(10-13)23-20(22-17)14-4-2-8-24(12-14)21(25)16-11-15(16)19-5-3-9-26-19/h3,5-7,9-10,14-16H,2,4,8,11-12H2,1H3,(H,22,23). The Bertz CT molecular complexity index is 943. The molecule has 1 aliphatic heterocycles. The van der Waals surface area contributed by atoms with Crippen LogP contribution < -0.4 is 0 Å². The van der Waals surface area contributed by atoms with Crippen LogP contribution in [0, 0.1) is 12.8 Å². The van der Waals surface area contributed by atoms with Crippen molar-refractivity contribution in [3.05, 3.63) is 53.7 Å². The normalized spacial score (nSPS) is 25.6. The van der Waals surface area contributed by atoms with E-state index in [0.29, 0.717) is 5.92 Å². The van der Waals surface area contributed by atoms with E-state index in [1.54, 1.807) is 6.26 Å². The number of carbonyl (C=O) groups excluding carboxylic acids is 1. The number of imidazole rings is 1. The summed E-state index contributed by atoms with van der Waals surface area (Å²) in [6.45, 7) is 3.71. The molecule has 26 heavy (non-hydrogen) atoms. The van der Waals surface area contributed by atoms with Crippen LogP contribution in [-0.2, 0) is 4.79 Å². The molecule has 0 radical (unpaired) electrons. The Kier molecular flexibility index (Phi) is 3.62. The van der Waals surface area contributed by atoms with Crippen molar-refractivity contribution >= 4 is 16.9 Å². The van der Waals surface area contributed by atoms with E-state index < -0.39 is 0 Å². The second kappa shape index (κ2) is 6.01. The van der Waals surface area contributed by atoms with Crippen LogP contribution in [0.5, 0.6) is 0 Å². The number of aromatic amines is 1. The van der Waals surface area contributed by atoms with Crippen molar-refractivity contribution in [3.8, 4) is 0 Å². The monoisotopic (exact) mass is 349 g/mol. The molecule has 3 heterocycles. The summed E-state index contributed by atoms with van der Waals surface area (Å²) in [5.41, 5.74) is 3.32. The molecular formula is C21H23N3O2. The van der Waals surface area contributed by atoms with Gasteiger partial charge in [-0.25, -0.2) is 4.98 Å². The first-order chi connectivity index (χ1) is 12.7. The number of furan rings is 1. The highest BCUT2D eigenvalue weighted by atomic mass is 16.3. The van der Waals surface area contributed by atoms with Gasteiger partial charge in [-0.05, 0) is 56.0 Å². The van der Waals surface area contributed by atoms with Crippen molar-refractivity contribution in [1.29, 1.82) is 0 Å². The second-order valence-corrected chi connectivity index (χ2v) is 7.73. The second-order valence-electron chi connectivity index (χ2n) is 7.73. The Morgan fingerprint density at radius 2 is 2.27 bits per heavy atom. The molecule has 1 saturated heterocycles. The minimum Gasteiger partial charge on any atom is -0.469 e. The molecule has 5 rings (SSSR count). The van der Waals surface area contributed by atoms with Gasteiger partial charge in [-0.1, -0.05) is 6.07 Å². The maximum Gasteiger partial charge on any atom is 0.226 e. The average molecular weight is 349 g/mol. The summed E-state index contributed by atoms with van der Waals surface area (Å²) in [7, 11) is 0. The fourth-order valence-corrected chi connectivity index (χ4v) is 4.26. The number of rotatable bonds is 3. The third kappa shape index (κ3) is 2.71. The number of H-pyrrole nitrogens is 1. The molecule has 5 heteroatoms. The fourth-order valence-electron chi connectivity index (χ4n) is 4.26. The van der Waals surface area contributed by atoms with Crippen molar-refractivity contribution in [3.63, 3.8) is 0 Å². The first-order valence-corrected chi connectivity index (χ1v) is 9.47. The number of nitrogens with zero attached hydrogens (tertiary/aromatic N) is 2. The van der Waals surface area contributed by atoms with Gasteiger partial charge in [0.25, 0.3) is 0 Å². The molecule has 5 nitrogen and oxygen atoms in total. The van der Waals surface area contributed by atoms with E-state index in [1.807, 2.05) is 17.0 Å². The molecule has 1 N–H and O–H groups in total. The predicted octanol–water partition coefficient (Wildman–Crippen LogP) is 3.97. The van der Waals surface area contributed by atoms with Crippen molar-refractivity contribution in [2.45, 2.75) is 38.0 Å². The van der Waals surface area contributed by atoms with E-state index in [9.17, 15) is 4.79 Å². The lowest BCUT2D eigenvalue weighted by Gasteiger charge is -2.32. The molecule has 1 amide bonds. The first kappa shape index (κ1) is 15.7. The number of nitrogens with one attached hydrogen (secondary N) is 1. The van der Waals surface area contributed by atoms with E-state index in [2.05, 4.69) is 30.1 Å². The van der Waals surface area contributed by atoms with Crippen molar-refractivity contribution < 1.29 is 9.21 Å². The molecule has 2 aliphatic rings. The maximum absolute atomic E-state index is 12.9. The third-order valence-corrected chi connectivity index (χ3v) is 5.79. The Balaban J connectivity index is 1.31. The Morgan fingerprint density at radius 1 is 1.35 bits per heavy atom. The van der Waals surface area contributed by atoms with Crippen LogP contribution in [-0.4, -0.2) is 33.9 Å². The van der Waals surface area contributed by atoms with Crippen molar-refractivity contribution in [1.82, 2.24) is 14.9 Å². The van der Waals surface area contributed by atoms with Crippen LogP contribution in [0.3, 0.4) is 0 Å². The molecule has 134 valence electrons. The number of aromatic nitrogens is 2. The van der Waals surface area contributed by atoms with Crippen LogP contribution in [0.1, 0.15) is 48.2 Å². The maximum atomic E-state index is 12.9. The number of amides is 1. The van der Waals surface area contributed by atoms with Gasteiger partial charge in [0.15, 0.2) is 0 Å². The Labute approximate surface area is 152 Å². The fraction of sp³-hybridized carbons (Fsp3) is 0.429. The number of hydrogen-bond acceptors (Lipinski definition) is 3. The SMILES string of the molecule is Cc1ccc2nc(C3CCCN(C(=O)C4CC4c4ccco4)C3)[nH]c2c1. The molecule has 0 bridgehead atoms. The molecule has 0 spiro atoms. The van der Waals surface area contributed by atoms with E-state index in [1.165, 1.54) is 5.56 Å². The van der Waals surface area contributed by atoms with Crippen molar-refractivity contribution in [2.24, 2.45) is 5.92 Å². The van der Waals surface area contributed by atoms with Gasteiger partial charge in [0.05, 0.1) is 17.3 Å². The van der Waals surface area contributed by atoms with Gasteiger partial charge < -0.3 is 14.3 Å². The molecule has 1 aromatic carbocycles. The Hall–Kier alpha value is -2.56. The molecule has 1 aliphatic carbocycles. The van der Waals surface area contributed by atoms with Crippen molar-refractivity contribution in [2.75, 3.05) is 13.1 Å². The van der Waals surface area contributed by atoms with Gasteiger partial charge >= 0.3 is 0 Å². The summed E-state index contributed by atoms with van der Waals surface area (Å²) in [6.07, 6.45) is 4.71. The lowest BCUT2D eigenvalue weighted by atomic mass is 9.97. The van der Waals surface area contributed by atoms with E-state index >= 15 is 0 Å². The number of fused-ring (bicyclic) bond motifs is 1. The van der Waals surface area contributed by atoms with Gasteiger partial charge in [0.1, 0.15) is 11.6 Å². The summed E-state index contributed by atoms with van der Waals surface area (Å²) in [6, 6.07) is 10.2. The number of hydrogen-bond donors (Lipinski definition) is 1. The third-order valence-electron chi connectivity index (χ3n) is 5.79. The molecule has 2 fully saturated rings. The highest BCUT2D eigenvalue weighted by Gasteiger charge is 2.48. The smallest absolute Gasteiger partial charge is 0.226 e. The highest BCUT2D eigenvalue weighted by molar-refractivity contribution is 5.83. The summed E-state index contributed by atoms with van der Waals surface area (Å²) >= 11 is 0. The molecule has 3 atom stereocenters. The number of benzene rings is 1. The van der Waals surface area contributed by atoms with Crippen LogP contribution in [0.15, 0.2) is 41.0 Å². The van der Waals surface area contributed by atoms with Gasteiger partial charge in [0, 0.05) is 30.8 Å². The number of likely N-dealkylation sites (tertiary alicyclic amines) is 1. The number of aryl methyl sites for hydroxylation is 1. The molecular weight excluding hydrogens is 326 g/mol. The molecule has 3 aromatic rings. The number of carbonyl (C=O) groups is 1. The molecule has 1 saturated carbocycles. The minimum atomic E-state index is 0.0956. The van der Waals surface area contributed by atoms with E-state index in [0.717, 1.165) is 55.0 Å². The van der Waals surface area contributed by atoms with Crippen LogP contribution in [0.2, 0.25) is 0 Å². The lowest BCUT2D eigenvalue weighted by molar-refractivity contribution is -0.134. The highest BCUT2D eigenvalue weighted by Crippen LogP contribution is 2.49. The zero-order valence-corrected chi connectivity index (χ0v) is 14.9. The van der Waals surface area contributed by atoms with Gasteiger partial charge in [-0.15, -0.1) is 0 Å². The average Bonchev–Trinajstić information content (AvgIpc) is 3.07. The first-order valence-electron chi connectivity index (χ1n) is 9.47. The lowest BCUT2D eigenvalue weighted by Crippen LogP contribution is -2.40. The van der Waals surface area contributed by atoms with Crippen LogP contribution in [0.4, 0.5) is 0 Å². The van der Waals surface area contributed by atoms with Gasteiger partial charge in [0.2, 0.25) is 5.91 Å². The largest absolute Gasteiger partial charge is 0.469 e. The van der Waals surface area contributed by atoms with Crippen LogP contribution in [0.25, 0.3) is 11.0 Å². The summed E-state index contributed by atoms with van der Waals surface area (Å²) in [5, 5.41) is 0. The summed E-state index contributed by atoms with van der Waals surface area (Å²) in [5.74, 6) is 2.90. The zero-order chi connectivity index (χ0) is 17.7. The topological polar surface area (TPSA) is 62.1 Å². The van der Waals surface area contributed by atoms with Gasteiger partial charge in [-0.3, -0.25) is 4.79 Å². The summed E-state index contributed by atoms with van der Waals surface area (Å²) in [4.78, 5) is 23.2. The Morgan fingerprint density at radius 3 is 3.12 bits per heavy atom. The molecule has 3 unspecified atom stereocenters. The van der Waals surface area contributed by atoms with E-state index in [-0.39, 0.29) is 17.7 Å². The van der Waals surface area contributed by atoms with Crippen LogP contribution >= 0.6 is 0 Å². The summed E-state index contributed by atoms with van der Waals surface area (Å²) < 4.78 is 5.47.